The van der Waals surface area contributed by atoms with Gasteiger partial charge in [-0.3, -0.25) is 9.63 Å². The van der Waals surface area contributed by atoms with Crippen molar-refractivity contribution in [3.05, 3.63) is 97.9 Å². The molecule has 0 fully saturated rings. The fraction of sp³-hybridized carbons (Fsp3) is 0.259. The van der Waals surface area contributed by atoms with Crippen molar-refractivity contribution in [3.63, 3.8) is 0 Å². The topological polar surface area (TPSA) is 89.4 Å². The molecule has 0 saturated heterocycles. The van der Waals surface area contributed by atoms with Crippen LogP contribution in [0.1, 0.15) is 29.2 Å². The minimum atomic E-state index is -1.44. The summed E-state index contributed by atoms with van der Waals surface area (Å²) in [6.07, 6.45) is -0.120. The molecule has 3 aromatic rings. The van der Waals surface area contributed by atoms with Gasteiger partial charge in [0.2, 0.25) is 5.90 Å². The van der Waals surface area contributed by atoms with E-state index in [9.17, 15) is 4.79 Å². The Bertz CT molecular complexity index is 1270. The average molecular weight is 608 g/mol. The molecule has 0 spiro atoms. The van der Waals surface area contributed by atoms with Crippen molar-refractivity contribution >= 4 is 50.9 Å². The average Bonchev–Trinajstić information content (AvgIpc) is 3.26. The number of benzene rings is 3. The second-order valence-electron chi connectivity index (χ2n) is 8.39. The van der Waals surface area contributed by atoms with Gasteiger partial charge < -0.3 is 14.6 Å². The van der Waals surface area contributed by atoms with E-state index in [0.29, 0.717) is 39.9 Å². The quantitative estimate of drug-likeness (QED) is 0.228. The largest absolute Gasteiger partial charge is 0.494 e. The van der Waals surface area contributed by atoms with Gasteiger partial charge in [-0.05, 0) is 54.1 Å². The third-order valence-corrected chi connectivity index (χ3v) is 6.95. The molecule has 4 rings (SSSR count). The van der Waals surface area contributed by atoms with Gasteiger partial charge in [0.1, 0.15) is 5.75 Å². The Balaban J connectivity index is 1.79. The fourth-order valence-corrected chi connectivity index (χ4v) is 4.84. The molecule has 0 bridgehead atoms. The van der Waals surface area contributed by atoms with Crippen LogP contribution in [0.5, 0.6) is 5.75 Å². The Hall–Kier alpha value is -2.62. The number of aliphatic hydroxyl groups is 1. The lowest BCUT2D eigenvalue weighted by Crippen LogP contribution is -2.49. The molecule has 37 heavy (non-hydrogen) atoms. The van der Waals surface area contributed by atoms with Gasteiger partial charge in [-0.1, -0.05) is 57.3 Å². The van der Waals surface area contributed by atoms with E-state index in [-0.39, 0.29) is 18.9 Å². The number of hydroxylamine groups is 1. The molecule has 1 aliphatic rings. The zero-order valence-electron chi connectivity index (χ0n) is 19.9. The second kappa shape index (κ2) is 12.3. The Morgan fingerprint density at radius 3 is 2.51 bits per heavy atom. The molecule has 3 aromatic carbocycles. The summed E-state index contributed by atoms with van der Waals surface area (Å²) in [5, 5.41) is 9.78. The summed E-state index contributed by atoms with van der Waals surface area (Å²) in [4.78, 5) is 23.5. The molecule has 1 aliphatic heterocycles. The number of hydrogen-bond acceptors (Lipinski definition) is 6. The normalized spacial score (nSPS) is 18.7. The van der Waals surface area contributed by atoms with Crippen LogP contribution in [0.15, 0.2) is 76.2 Å². The van der Waals surface area contributed by atoms with Crippen molar-refractivity contribution < 1.29 is 24.2 Å². The molecule has 1 amide bonds. The van der Waals surface area contributed by atoms with Crippen LogP contribution in [0.25, 0.3) is 0 Å². The zero-order chi connectivity index (χ0) is 26.4. The number of ether oxygens (including phenoxy) is 2. The Morgan fingerprint density at radius 2 is 1.86 bits per heavy atom. The number of aliphatic imine (C=N–C) groups is 1. The van der Waals surface area contributed by atoms with Crippen molar-refractivity contribution in [2.75, 3.05) is 20.3 Å². The molecule has 0 radical (unpaired) electrons. The van der Waals surface area contributed by atoms with Gasteiger partial charge in [0, 0.05) is 45.1 Å². The molecule has 2 atom stereocenters. The van der Waals surface area contributed by atoms with Gasteiger partial charge in [0.25, 0.3) is 5.91 Å². The third kappa shape index (κ3) is 6.27. The highest BCUT2D eigenvalue weighted by atomic mass is 79.9. The highest BCUT2D eigenvalue weighted by molar-refractivity contribution is 9.10. The highest BCUT2D eigenvalue weighted by Crippen LogP contribution is 2.45. The van der Waals surface area contributed by atoms with Crippen LogP contribution >= 0.6 is 39.1 Å². The van der Waals surface area contributed by atoms with Gasteiger partial charge in [0.15, 0.2) is 11.6 Å². The monoisotopic (exact) mass is 606 g/mol. The maximum absolute atomic E-state index is 13.6. The van der Waals surface area contributed by atoms with Gasteiger partial charge >= 0.3 is 0 Å². The smallest absolute Gasteiger partial charge is 0.276 e. The molecule has 0 aliphatic carbocycles. The van der Waals surface area contributed by atoms with E-state index in [1.807, 2.05) is 24.3 Å². The van der Waals surface area contributed by atoms with E-state index in [1.54, 1.807) is 42.5 Å². The summed E-state index contributed by atoms with van der Waals surface area (Å²) in [6.45, 7) is 0.458. The van der Waals surface area contributed by atoms with E-state index in [2.05, 4.69) is 21.4 Å². The second-order valence-corrected chi connectivity index (χ2v) is 10.2. The number of nitrogens with one attached hydrogen (secondary N) is 1. The SMILES string of the molecule is CONC(=O)[C@@]1(Cc2ccc(Br)cc2)N=C(c2ccc(OCCCO)cc2)O[C@H]1c1ccc(Cl)cc1Cl. The number of halogens is 3. The number of nitrogens with zero attached hydrogens (tertiary/aromatic N) is 1. The molecular formula is C27H25BrCl2N2O5. The van der Waals surface area contributed by atoms with Crippen molar-refractivity contribution in [1.82, 2.24) is 5.48 Å². The summed E-state index contributed by atoms with van der Waals surface area (Å²) < 4.78 is 12.9. The van der Waals surface area contributed by atoms with E-state index < -0.39 is 17.6 Å². The van der Waals surface area contributed by atoms with Crippen molar-refractivity contribution in [1.29, 1.82) is 0 Å². The molecule has 10 heteroatoms. The maximum atomic E-state index is 13.6. The number of aliphatic hydroxyl groups excluding tert-OH is 1. The lowest BCUT2D eigenvalue weighted by Gasteiger charge is -2.30. The van der Waals surface area contributed by atoms with Crippen LogP contribution < -0.4 is 10.2 Å². The van der Waals surface area contributed by atoms with Crippen molar-refractivity contribution in [3.8, 4) is 5.75 Å². The first-order chi connectivity index (χ1) is 17.9. The number of carbonyl (C=O) groups excluding carboxylic acids is 1. The number of rotatable bonds is 10. The molecule has 0 unspecified atom stereocenters. The van der Waals surface area contributed by atoms with Crippen LogP contribution in [0.2, 0.25) is 10.0 Å². The standard InChI is InChI=1S/C27H25BrCl2N2O5/c1-35-32-26(34)27(16-17-3-7-19(28)8-4-17)24(22-12-9-20(29)15-23(22)30)37-25(31-27)18-5-10-21(11-6-18)36-14-2-13-33/h3-12,15,24,33H,2,13-14,16H2,1H3,(H,32,34)/t24-,27-/m0/s1. The predicted molar refractivity (Wildman–Crippen MR) is 146 cm³/mol. The third-order valence-electron chi connectivity index (χ3n) is 5.86. The number of amides is 1. The molecule has 0 aromatic heterocycles. The first-order valence-corrected chi connectivity index (χ1v) is 13.0. The minimum absolute atomic E-state index is 0.0569. The Morgan fingerprint density at radius 1 is 1.14 bits per heavy atom. The predicted octanol–water partition coefficient (Wildman–Crippen LogP) is 5.69. The van der Waals surface area contributed by atoms with Crippen LogP contribution in [-0.4, -0.2) is 42.8 Å². The lowest BCUT2D eigenvalue weighted by molar-refractivity contribution is -0.139. The van der Waals surface area contributed by atoms with Gasteiger partial charge in [-0.25, -0.2) is 10.5 Å². The van der Waals surface area contributed by atoms with E-state index in [4.69, 9.17) is 47.6 Å². The van der Waals surface area contributed by atoms with Crippen LogP contribution in [0.4, 0.5) is 0 Å². The lowest BCUT2D eigenvalue weighted by atomic mass is 9.82. The number of carbonyl (C=O) groups is 1. The van der Waals surface area contributed by atoms with E-state index in [0.717, 1.165) is 10.0 Å². The highest BCUT2D eigenvalue weighted by Gasteiger charge is 2.54. The van der Waals surface area contributed by atoms with Gasteiger partial charge in [-0.2, -0.15) is 0 Å². The van der Waals surface area contributed by atoms with Gasteiger partial charge in [0.05, 0.1) is 13.7 Å². The van der Waals surface area contributed by atoms with Crippen LogP contribution in [-0.2, 0) is 20.8 Å². The van der Waals surface area contributed by atoms with Crippen molar-refractivity contribution in [2.45, 2.75) is 24.5 Å². The Kier molecular flexibility index (Phi) is 9.10. The molecular weight excluding hydrogens is 583 g/mol. The summed E-state index contributed by atoms with van der Waals surface area (Å²) in [5.74, 6) is 0.445. The Labute approximate surface area is 233 Å². The molecule has 7 nitrogen and oxygen atoms in total. The molecule has 194 valence electrons. The number of hydrogen-bond donors (Lipinski definition) is 2. The minimum Gasteiger partial charge on any atom is -0.494 e. The summed E-state index contributed by atoms with van der Waals surface area (Å²) >= 11 is 16.2. The van der Waals surface area contributed by atoms with E-state index in [1.165, 1.54) is 7.11 Å². The summed E-state index contributed by atoms with van der Waals surface area (Å²) in [6, 6.07) is 19.8. The fourth-order valence-electron chi connectivity index (χ4n) is 4.07. The molecule has 0 saturated carbocycles. The van der Waals surface area contributed by atoms with Crippen LogP contribution in [0, 0.1) is 0 Å². The van der Waals surface area contributed by atoms with Crippen molar-refractivity contribution in [2.24, 2.45) is 4.99 Å². The van der Waals surface area contributed by atoms with Crippen LogP contribution in [0.3, 0.4) is 0 Å². The first-order valence-electron chi connectivity index (χ1n) is 11.5. The first kappa shape index (κ1) is 27.4. The van der Waals surface area contributed by atoms with Gasteiger partial charge in [-0.15, -0.1) is 0 Å². The molecule has 2 N–H and O–H groups in total. The zero-order valence-corrected chi connectivity index (χ0v) is 23.0. The summed E-state index contributed by atoms with van der Waals surface area (Å²) in [7, 11) is 1.37. The maximum Gasteiger partial charge on any atom is 0.276 e. The molecule has 1 heterocycles. The van der Waals surface area contributed by atoms with E-state index >= 15 is 0 Å². The summed E-state index contributed by atoms with van der Waals surface area (Å²) in [5.41, 5.74) is 3.11.